The van der Waals surface area contributed by atoms with Crippen molar-refractivity contribution < 1.29 is 0 Å². The molecule has 0 atom stereocenters. The largest absolute Gasteiger partial charge is 0.309 e. The van der Waals surface area contributed by atoms with Crippen molar-refractivity contribution in [2.75, 3.05) is 0 Å². The number of benzene rings is 10. The number of rotatable bonds is 7. The van der Waals surface area contributed by atoms with Crippen LogP contribution in [0.2, 0.25) is 0 Å². The Morgan fingerprint density at radius 2 is 0.594 bits per heavy atom. The van der Waals surface area contributed by atoms with Gasteiger partial charge in [-0.3, -0.25) is 0 Å². The summed E-state index contributed by atoms with van der Waals surface area (Å²) in [4.78, 5) is 0. The van der Waals surface area contributed by atoms with Gasteiger partial charge in [0.15, 0.2) is 8.07 Å². The molecule has 13 aromatic rings. The summed E-state index contributed by atoms with van der Waals surface area (Å²) in [5.74, 6) is 0. The minimum Gasteiger partial charge on any atom is -0.309 e. The van der Waals surface area contributed by atoms with Crippen molar-refractivity contribution in [1.82, 2.24) is 13.7 Å². The van der Waals surface area contributed by atoms with Crippen LogP contribution in [0.1, 0.15) is 0 Å². The third kappa shape index (κ3) is 5.27. The maximum absolute atomic E-state index is 2.87. The lowest BCUT2D eigenvalue weighted by molar-refractivity contribution is 1.14. The van der Waals surface area contributed by atoms with Gasteiger partial charge in [0, 0.05) is 49.4 Å². The van der Waals surface area contributed by atoms with Crippen LogP contribution < -0.4 is 20.7 Å². The highest BCUT2D eigenvalue weighted by Crippen LogP contribution is 2.39. The lowest BCUT2D eigenvalue weighted by Gasteiger charge is -2.35. The maximum atomic E-state index is 2.50. The van der Waals surface area contributed by atoms with E-state index in [9.17, 15) is 0 Å². The Labute approximate surface area is 372 Å². The van der Waals surface area contributed by atoms with Crippen LogP contribution in [0.4, 0.5) is 0 Å². The number of fused-ring (bicyclic) bond motifs is 9. The van der Waals surface area contributed by atoms with Crippen LogP contribution in [0, 0.1) is 0 Å². The normalized spacial score (nSPS) is 12.1. The summed E-state index contributed by atoms with van der Waals surface area (Å²) in [6.45, 7) is 0. The first-order valence-electron chi connectivity index (χ1n) is 22.1. The van der Waals surface area contributed by atoms with Crippen LogP contribution in [0.3, 0.4) is 0 Å². The molecule has 3 nitrogen and oxygen atoms in total. The van der Waals surface area contributed by atoms with Crippen molar-refractivity contribution in [1.29, 1.82) is 0 Å². The van der Waals surface area contributed by atoms with Crippen LogP contribution >= 0.6 is 0 Å². The van der Waals surface area contributed by atoms with Gasteiger partial charge in [0.2, 0.25) is 0 Å². The molecule has 0 amide bonds. The van der Waals surface area contributed by atoms with E-state index in [1.165, 1.54) is 86.2 Å². The Kier molecular flexibility index (Phi) is 8.23. The van der Waals surface area contributed by atoms with Gasteiger partial charge in [-0.1, -0.05) is 188 Å². The van der Waals surface area contributed by atoms with E-state index in [1.54, 1.807) is 0 Å². The molecule has 0 radical (unpaired) electrons. The second-order valence-electron chi connectivity index (χ2n) is 16.8. The fourth-order valence-electron chi connectivity index (χ4n) is 11.0. The van der Waals surface area contributed by atoms with Gasteiger partial charge >= 0.3 is 0 Å². The van der Waals surface area contributed by atoms with Crippen LogP contribution in [-0.4, -0.2) is 21.8 Å². The lowest BCUT2D eigenvalue weighted by Crippen LogP contribution is -2.74. The molecule has 64 heavy (non-hydrogen) atoms. The Morgan fingerprint density at radius 1 is 0.234 bits per heavy atom. The van der Waals surface area contributed by atoms with E-state index in [4.69, 9.17) is 0 Å². The summed E-state index contributed by atoms with van der Waals surface area (Å²) < 4.78 is 7.38. The molecule has 0 aliphatic carbocycles. The van der Waals surface area contributed by atoms with Gasteiger partial charge in [-0.25, -0.2) is 0 Å². The highest BCUT2D eigenvalue weighted by atomic mass is 28.3. The van der Waals surface area contributed by atoms with Crippen LogP contribution in [-0.2, 0) is 0 Å². The summed E-state index contributed by atoms with van der Waals surface area (Å²) in [6.07, 6.45) is 0. The number of aromatic nitrogens is 3. The van der Waals surface area contributed by atoms with Gasteiger partial charge in [0.25, 0.3) is 0 Å². The second kappa shape index (κ2) is 14.5. The Balaban J connectivity index is 1.10. The van der Waals surface area contributed by atoms with Gasteiger partial charge in [0.1, 0.15) is 0 Å². The third-order valence-electron chi connectivity index (χ3n) is 13.6. The molecular weight excluding hydrogens is 791 g/mol. The Hall–Kier alpha value is -8.18. The van der Waals surface area contributed by atoms with Crippen molar-refractivity contribution in [2.24, 2.45) is 0 Å². The molecule has 4 heteroatoms. The first-order valence-corrected chi connectivity index (χ1v) is 24.1. The molecule has 0 aliphatic rings. The molecule has 0 saturated carbocycles. The van der Waals surface area contributed by atoms with Crippen molar-refractivity contribution >= 4 is 94.2 Å². The summed E-state index contributed by atoms with van der Waals surface area (Å²) in [5, 5.41) is 13.0. The molecule has 0 bridgehead atoms. The van der Waals surface area contributed by atoms with Crippen LogP contribution in [0.25, 0.3) is 82.5 Å². The minimum absolute atomic E-state index is 1.13. The van der Waals surface area contributed by atoms with Crippen molar-refractivity contribution in [3.8, 4) is 17.1 Å². The van der Waals surface area contributed by atoms with E-state index in [1.807, 2.05) is 0 Å². The highest BCUT2D eigenvalue weighted by Gasteiger charge is 2.43. The van der Waals surface area contributed by atoms with E-state index in [0.29, 0.717) is 0 Å². The average Bonchev–Trinajstić information content (AvgIpc) is 4.01. The Morgan fingerprint density at radius 3 is 1.09 bits per heavy atom. The number of hydrogen-bond acceptors (Lipinski definition) is 0. The van der Waals surface area contributed by atoms with Crippen molar-refractivity contribution in [2.45, 2.75) is 0 Å². The second-order valence-corrected chi connectivity index (χ2v) is 20.6. The molecule has 0 fully saturated rings. The molecule has 10 aromatic carbocycles. The molecular formula is C60H41N3Si. The maximum Gasteiger partial charge on any atom is 0.180 e. The Bertz CT molecular complexity index is 3730. The highest BCUT2D eigenvalue weighted by molar-refractivity contribution is 7.20. The van der Waals surface area contributed by atoms with Crippen molar-refractivity contribution in [3.05, 3.63) is 249 Å². The van der Waals surface area contributed by atoms with Crippen LogP contribution in [0.5, 0.6) is 0 Å². The zero-order valence-electron chi connectivity index (χ0n) is 35.0. The van der Waals surface area contributed by atoms with Gasteiger partial charge < -0.3 is 13.7 Å². The molecule has 300 valence electrons. The molecule has 13 rings (SSSR count). The predicted molar refractivity (Wildman–Crippen MR) is 273 cm³/mol. The van der Waals surface area contributed by atoms with Gasteiger partial charge in [-0.2, -0.15) is 0 Å². The average molecular weight is 832 g/mol. The van der Waals surface area contributed by atoms with E-state index >= 15 is 0 Å². The summed E-state index contributed by atoms with van der Waals surface area (Å²) in [7, 11) is -2.87. The molecule has 0 unspecified atom stereocenters. The number of hydrogen-bond donors (Lipinski definition) is 0. The molecule has 0 N–H and O–H groups in total. The number of nitrogens with zero attached hydrogens (tertiary/aromatic N) is 3. The van der Waals surface area contributed by atoms with E-state index in [0.717, 1.165) is 17.1 Å². The summed E-state index contributed by atoms with van der Waals surface area (Å²) in [6, 6.07) is 92.3. The van der Waals surface area contributed by atoms with Gasteiger partial charge in [-0.05, 0) is 81.4 Å². The third-order valence-corrected chi connectivity index (χ3v) is 18.4. The summed E-state index contributed by atoms with van der Waals surface area (Å²) >= 11 is 0. The quantitative estimate of drug-likeness (QED) is 0.112. The smallest absolute Gasteiger partial charge is 0.180 e. The van der Waals surface area contributed by atoms with Gasteiger partial charge in [-0.15, -0.1) is 0 Å². The molecule has 3 aromatic heterocycles. The monoisotopic (exact) mass is 831 g/mol. The van der Waals surface area contributed by atoms with E-state index in [2.05, 4.69) is 262 Å². The van der Waals surface area contributed by atoms with E-state index in [-0.39, 0.29) is 0 Å². The fourth-order valence-corrected chi connectivity index (χ4v) is 16.0. The lowest BCUT2D eigenvalue weighted by atomic mass is 10.1. The SMILES string of the molecule is c1ccc(-n2c3cc(-n4c5ccccc5c5ccccc54)ccc3c3ccc(-n4c5ccccc5c5c([Si](c6ccccc6)(c6ccccc6)c6ccccc6)cccc54)cc32)cc1. The van der Waals surface area contributed by atoms with Crippen molar-refractivity contribution in [3.63, 3.8) is 0 Å². The topological polar surface area (TPSA) is 14.8 Å². The molecule has 0 aliphatic heterocycles. The molecule has 0 spiro atoms. The first-order chi connectivity index (χ1) is 31.8. The molecule has 3 heterocycles. The van der Waals surface area contributed by atoms with Crippen LogP contribution in [0.15, 0.2) is 249 Å². The van der Waals surface area contributed by atoms with E-state index < -0.39 is 8.07 Å². The standard InChI is InChI=1S/C60H41N3Si/c1-5-20-42(21-6-1)61-57-40-43(62-53-31-16-13-28-48(53)49-29-14-17-32-54(49)62)36-38-50(57)51-39-37-44(41-58(51)61)63-55-33-18-15-30-52(55)60-56(63)34-19-35-59(60)64(45-22-7-2-8-23-45,46-24-9-3-10-25-46)47-26-11-4-12-27-47/h1-41H. The summed E-state index contributed by atoms with van der Waals surface area (Å²) in [5.41, 5.74) is 10.6. The predicted octanol–water partition coefficient (Wildman–Crippen LogP) is 12.4. The fraction of sp³-hybridized carbons (Fsp3) is 0. The first kappa shape index (κ1) is 36.5. The number of para-hydroxylation sites is 4. The minimum atomic E-state index is -2.87. The zero-order valence-corrected chi connectivity index (χ0v) is 36.0. The zero-order chi connectivity index (χ0) is 42.2. The molecule has 0 saturated heterocycles. The van der Waals surface area contributed by atoms with Gasteiger partial charge in [0.05, 0.1) is 33.1 Å².